The van der Waals surface area contributed by atoms with Gasteiger partial charge in [-0.25, -0.2) is 0 Å². The molecule has 0 unspecified atom stereocenters. The van der Waals surface area contributed by atoms with E-state index in [0.717, 1.165) is 31.2 Å². The highest BCUT2D eigenvalue weighted by molar-refractivity contribution is 7.17. The first-order chi connectivity index (χ1) is 18.5. The predicted octanol–water partition coefficient (Wildman–Crippen LogP) is 5.00. The summed E-state index contributed by atoms with van der Waals surface area (Å²) in [7, 11) is 0. The zero-order chi connectivity index (χ0) is 26.5. The number of hydrogen-bond donors (Lipinski definition) is 2. The monoisotopic (exact) mass is 529 g/mol. The van der Waals surface area contributed by atoms with E-state index in [9.17, 15) is 19.2 Å². The van der Waals surface area contributed by atoms with Crippen LogP contribution in [0.2, 0.25) is 0 Å². The summed E-state index contributed by atoms with van der Waals surface area (Å²) in [6.07, 6.45) is 5.90. The quantitative estimate of drug-likeness (QED) is 0.270. The minimum atomic E-state index is -0.247. The summed E-state index contributed by atoms with van der Waals surface area (Å²) >= 11 is 1.52. The third-order valence-corrected chi connectivity index (χ3v) is 8.31. The lowest BCUT2D eigenvalue weighted by Gasteiger charge is -2.13. The Balaban J connectivity index is 1.09. The van der Waals surface area contributed by atoms with Crippen molar-refractivity contribution in [3.8, 4) is 0 Å². The van der Waals surface area contributed by atoms with Crippen molar-refractivity contribution in [3.05, 3.63) is 87.3 Å². The number of thiophene rings is 1. The zero-order valence-electron chi connectivity index (χ0n) is 21.3. The number of carbonyl (C=O) groups is 4. The van der Waals surface area contributed by atoms with E-state index in [2.05, 4.69) is 10.6 Å². The molecular weight excluding hydrogens is 498 g/mol. The second-order valence-electron chi connectivity index (χ2n) is 9.72. The van der Waals surface area contributed by atoms with Gasteiger partial charge in [0.15, 0.2) is 0 Å². The normalized spacial score (nSPS) is 13.9. The van der Waals surface area contributed by atoms with Gasteiger partial charge in [0.05, 0.1) is 16.7 Å². The van der Waals surface area contributed by atoms with Crippen LogP contribution in [0.25, 0.3) is 0 Å². The number of carbonyl (C=O) groups excluding carboxylic acids is 4. The highest BCUT2D eigenvalue weighted by Gasteiger charge is 2.34. The van der Waals surface area contributed by atoms with Crippen molar-refractivity contribution < 1.29 is 19.2 Å². The lowest BCUT2D eigenvalue weighted by molar-refractivity contribution is -0.116. The summed E-state index contributed by atoms with van der Waals surface area (Å²) in [5.74, 6) is -0.743. The molecular formula is C30H31N3O4S. The number of imide groups is 1. The Hall–Kier alpha value is -3.78. The molecule has 0 spiro atoms. The van der Waals surface area contributed by atoms with Crippen LogP contribution in [0.3, 0.4) is 0 Å². The van der Waals surface area contributed by atoms with Crippen molar-refractivity contribution in [2.75, 3.05) is 18.4 Å². The number of fused-ring (bicyclic) bond motifs is 2. The molecule has 1 aliphatic heterocycles. The van der Waals surface area contributed by atoms with Gasteiger partial charge in [0.2, 0.25) is 5.91 Å². The number of amides is 4. The van der Waals surface area contributed by atoms with Gasteiger partial charge >= 0.3 is 0 Å². The third kappa shape index (κ3) is 5.55. The van der Waals surface area contributed by atoms with Crippen molar-refractivity contribution in [1.82, 2.24) is 10.2 Å². The molecule has 0 saturated carbocycles. The van der Waals surface area contributed by atoms with Crippen LogP contribution in [0.1, 0.15) is 79.2 Å². The molecule has 38 heavy (non-hydrogen) atoms. The van der Waals surface area contributed by atoms with E-state index in [-0.39, 0.29) is 23.6 Å². The summed E-state index contributed by atoms with van der Waals surface area (Å²) < 4.78 is 0. The van der Waals surface area contributed by atoms with Gasteiger partial charge in [-0.1, -0.05) is 48.9 Å². The van der Waals surface area contributed by atoms with Gasteiger partial charge in [-0.15, -0.1) is 11.3 Å². The second-order valence-corrected chi connectivity index (χ2v) is 10.8. The van der Waals surface area contributed by atoms with Crippen LogP contribution in [0.5, 0.6) is 0 Å². The van der Waals surface area contributed by atoms with Crippen molar-refractivity contribution in [1.29, 1.82) is 0 Å². The lowest BCUT2D eigenvalue weighted by Crippen LogP contribution is -2.30. The minimum Gasteiger partial charge on any atom is -0.352 e. The molecule has 1 aromatic heterocycles. The van der Waals surface area contributed by atoms with Crippen LogP contribution < -0.4 is 10.6 Å². The molecule has 7 nitrogen and oxygen atoms in total. The average molecular weight is 530 g/mol. The highest BCUT2D eigenvalue weighted by Crippen LogP contribution is 2.39. The van der Waals surface area contributed by atoms with E-state index >= 15 is 0 Å². The van der Waals surface area contributed by atoms with Gasteiger partial charge in [-0.05, 0) is 61.8 Å². The largest absolute Gasteiger partial charge is 0.352 e. The standard InChI is InChI=1S/C30H31N3O4S/c34-25(16-5-2-8-19-33-29(36)21-12-6-7-13-22(21)30(33)37)32-28-26(23-14-9-15-24(23)38-28)27(35)31-18-17-20-10-3-1-4-11-20/h1,3-4,6-7,10-13H,2,5,8-9,14-19H2,(H,31,35)(H,32,34). The van der Waals surface area contributed by atoms with E-state index in [1.54, 1.807) is 24.3 Å². The summed E-state index contributed by atoms with van der Waals surface area (Å²) in [5, 5.41) is 6.66. The van der Waals surface area contributed by atoms with E-state index < -0.39 is 0 Å². The van der Waals surface area contributed by atoms with Crippen LogP contribution in [0.15, 0.2) is 54.6 Å². The Morgan fingerprint density at radius 1 is 0.868 bits per heavy atom. The fourth-order valence-electron chi connectivity index (χ4n) is 5.15. The van der Waals surface area contributed by atoms with Crippen molar-refractivity contribution in [2.45, 2.75) is 51.4 Å². The predicted molar refractivity (Wildman–Crippen MR) is 148 cm³/mol. The molecule has 0 fully saturated rings. The van der Waals surface area contributed by atoms with Crippen LogP contribution >= 0.6 is 11.3 Å². The topological polar surface area (TPSA) is 95.6 Å². The number of benzene rings is 2. The minimum absolute atomic E-state index is 0.121. The van der Waals surface area contributed by atoms with E-state index in [0.29, 0.717) is 60.5 Å². The Labute approximate surface area is 226 Å². The molecule has 2 aliphatic rings. The highest BCUT2D eigenvalue weighted by atomic mass is 32.1. The molecule has 1 aliphatic carbocycles. The number of unbranched alkanes of at least 4 members (excludes halogenated alkanes) is 2. The maximum absolute atomic E-state index is 13.1. The number of aryl methyl sites for hydroxylation is 1. The molecule has 5 rings (SSSR count). The van der Waals surface area contributed by atoms with Crippen molar-refractivity contribution in [3.63, 3.8) is 0 Å². The molecule has 4 amide bonds. The SMILES string of the molecule is O=C(CCCCCN1C(=O)c2ccccc2C1=O)Nc1sc2c(c1C(=O)NCCc1ccccc1)CCC2. The van der Waals surface area contributed by atoms with Crippen molar-refractivity contribution in [2.24, 2.45) is 0 Å². The molecule has 0 radical (unpaired) electrons. The van der Waals surface area contributed by atoms with Gasteiger partial charge in [-0.2, -0.15) is 0 Å². The summed E-state index contributed by atoms with van der Waals surface area (Å²) in [6, 6.07) is 16.9. The van der Waals surface area contributed by atoms with Crippen molar-refractivity contribution >= 4 is 40.0 Å². The van der Waals surface area contributed by atoms with Crippen LogP contribution in [0, 0.1) is 0 Å². The Kier molecular flexibility index (Phi) is 7.98. The molecule has 3 aromatic rings. The second kappa shape index (κ2) is 11.7. The third-order valence-electron chi connectivity index (χ3n) is 7.11. The van der Waals surface area contributed by atoms with Gasteiger partial charge in [0.25, 0.3) is 17.7 Å². The van der Waals surface area contributed by atoms with Gasteiger partial charge in [0.1, 0.15) is 5.00 Å². The number of nitrogens with zero attached hydrogens (tertiary/aromatic N) is 1. The zero-order valence-corrected chi connectivity index (χ0v) is 22.1. The molecule has 2 N–H and O–H groups in total. The first-order valence-corrected chi connectivity index (χ1v) is 14.1. The maximum Gasteiger partial charge on any atom is 0.261 e. The summed E-state index contributed by atoms with van der Waals surface area (Å²) in [6.45, 7) is 0.882. The number of rotatable bonds is 11. The molecule has 2 aromatic carbocycles. The fourth-order valence-corrected chi connectivity index (χ4v) is 6.45. The summed E-state index contributed by atoms with van der Waals surface area (Å²) in [4.78, 5) is 53.3. The Morgan fingerprint density at radius 2 is 1.58 bits per heavy atom. The fraction of sp³-hybridized carbons (Fsp3) is 0.333. The van der Waals surface area contributed by atoms with Gasteiger partial charge < -0.3 is 10.6 Å². The van der Waals surface area contributed by atoms with E-state index in [4.69, 9.17) is 0 Å². The number of hydrogen-bond acceptors (Lipinski definition) is 5. The molecule has 0 atom stereocenters. The van der Waals surface area contributed by atoms with Gasteiger partial charge in [-0.3, -0.25) is 24.1 Å². The summed E-state index contributed by atoms with van der Waals surface area (Å²) in [5.41, 5.74) is 3.78. The Bertz CT molecular complexity index is 1330. The maximum atomic E-state index is 13.1. The van der Waals surface area contributed by atoms with Crippen LogP contribution in [-0.4, -0.2) is 41.6 Å². The number of nitrogens with one attached hydrogen (secondary N) is 2. The van der Waals surface area contributed by atoms with E-state index in [1.807, 2.05) is 30.3 Å². The molecule has 0 saturated heterocycles. The lowest BCUT2D eigenvalue weighted by atomic mass is 10.1. The number of anilines is 1. The molecule has 8 heteroatoms. The first-order valence-electron chi connectivity index (χ1n) is 13.2. The molecule has 0 bridgehead atoms. The Morgan fingerprint density at radius 3 is 2.32 bits per heavy atom. The van der Waals surface area contributed by atoms with Crippen LogP contribution in [0.4, 0.5) is 5.00 Å². The first kappa shape index (κ1) is 25.9. The van der Waals surface area contributed by atoms with Crippen LogP contribution in [-0.2, 0) is 24.1 Å². The smallest absolute Gasteiger partial charge is 0.261 e. The molecule has 196 valence electrons. The van der Waals surface area contributed by atoms with E-state index in [1.165, 1.54) is 26.7 Å². The molecule has 2 heterocycles. The average Bonchev–Trinajstić information content (AvgIpc) is 3.57. The van der Waals surface area contributed by atoms with Gasteiger partial charge in [0, 0.05) is 24.4 Å².